The molecule has 1 aliphatic heterocycles. The molecular weight excluding hydrogens is 384 g/mol. The molecule has 5 nitrogen and oxygen atoms in total. The molecule has 1 amide bonds. The van der Waals surface area contributed by atoms with Gasteiger partial charge in [0.2, 0.25) is 0 Å². The lowest BCUT2D eigenvalue weighted by Gasteiger charge is -2.18. The van der Waals surface area contributed by atoms with Crippen molar-refractivity contribution in [3.8, 4) is 11.5 Å². The van der Waals surface area contributed by atoms with Gasteiger partial charge in [0.05, 0.1) is 24.5 Å². The molecule has 5 rings (SSSR count). The minimum Gasteiger partial charge on any atom is -0.328 e. The van der Waals surface area contributed by atoms with Gasteiger partial charge in [-0.25, -0.2) is 4.68 Å². The summed E-state index contributed by atoms with van der Waals surface area (Å²) in [7, 11) is 0. The molecule has 3 heterocycles. The van der Waals surface area contributed by atoms with Crippen LogP contribution < -0.4 is 0 Å². The van der Waals surface area contributed by atoms with E-state index in [-0.39, 0.29) is 5.91 Å². The topological polar surface area (TPSA) is 43.1 Å². The third-order valence-electron chi connectivity index (χ3n) is 5.18. The van der Waals surface area contributed by atoms with E-state index in [0.717, 1.165) is 22.8 Å². The van der Waals surface area contributed by atoms with Gasteiger partial charge in [-0.15, -0.1) is 0 Å². The minimum absolute atomic E-state index is 0.0361. The molecule has 0 saturated heterocycles. The summed E-state index contributed by atoms with van der Waals surface area (Å²) >= 11 is 6.07. The zero-order valence-electron chi connectivity index (χ0n) is 15.9. The van der Waals surface area contributed by atoms with Crippen molar-refractivity contribution >= 4 is 17.5 Å². The van der Waals surface area contributed by atoms with Crippen LogP contribution in [-0.4, -0.2) is 25.2 Å². The fraction of sp³-hybridized carbons (Fsp3) is 0.130. The largest absolute Gasteiger partial charge is 0.328 e. The third-order valence-corrected chi connectivity index (χ3v) is 5.42. The molecule has 1 aliphatic rings. The van der Waals surface area contributed by atoms with Crippen molar-refractivity contribution < 1.29 is 4.79 Å². The Morgan fingerprint density at radius 2 is 1.79 bits per heavy atom. The lowest BCUT2D eigenvalue weighted by Crippen LogP contribution is -2.26. The van der Waals surface area contributed by atoms with E-state index in [4.69, 9.17) is 16.7 Å². The number of hydrogen-bond acceptors (Lipinski definition) is 2. The van der Waals surface area contributed by atoms with Crippen molar-refractivity contribution in [2.45, 2.75) is 20.0 Å². The molecule has 144 valence electrons. The summed E-state index contributed by atoms with van der Waals surface area (Å²) in [4.78, 5) is 14.8. The Balaban J connectivity index is 1.55. The summed E-state index contributed by atoms with van der Waals surface area (Å²) in [5, 5.41) is 5.44. The summed E-state index contributed by atoms with van der Waals surface area (Å²) in [6.07, 6.45) is 4.01. The Kier molecular flexibility index (Phi) is 4.25. The molecule has 0 saturated carbocycles. The molecular formula is C23H19ClN4O. The van der Waals surface area contributed by atoms with Gasteiger partial charge in [-0.3, -0.25) is 4.79 Å². The van der Waals surface area contributed by atoms with Crippen LogP contribution in [0.5, 0.6) is 0 Å². The molecule has 0 atom stereocenters. The van der Waals surface area contributed by atoms with Crippen molar-refractivity contribution in [2.75, 3.05) is 0 Å². The molecule has 0 radical (unpaired) electrons. The average molecular weight is 403 g/mol. The average Bonchev–Trinajstić information content (AvgIpc) is 3.43. The molecule has 2 aromatic heterocycles. The number of benzene rings is 2. The monoisotopic (exact) mass is 402 g/mol. The van der Waals surface area contributed by atoms with E-state index in [1.54, 1.807) is 24.3 Å². The van der Waals surface area contributed by atoms with Crippen LogP contribution in [0.4, 0.5) is 0 Å². The summed E-state index contributed by atoms with van der Waals surface area (Å²) < 4.78 is 4.03. The quantitative estimate of drug-likeness (QED) is 0.495. The van der Waals surface area contributed by atoms with Gasteiger partial charge in [-0.2, -0.15) is 5.10 Å². The lowest BCUT2D eigenvalue weighted by atomic mass is 10.2. The van der Waals surface area contributed by atoms with Crippen molar-refractivity contribution in [1.82, 2.24) is 19.2 Å². The summed E-state index contributed by atoms with van der Waals surface area (Å²) in [5.41, 5.74) is 4.77. The number of carbonyl (C=O) groups excluding carboxylic acids is 1. The number of halogens is 1. The molecule has 0 aliphatic carbocycles. The Morgan fingerprint density at radius 3 is 2.55 bits per heavy atom. The number of aromatic nitrogens is 3. The van der Waals surface area contributed by atoms with E-state index in [1.807, 2.05) is 40.2 Å². The standard InChI is InChI=1S/C23H19ClN4O/c1-16-6-4-9-19(12-16)28-22(26-10-2-3-11-26)20-14-27(15-21(20)25-28)23(29)17-7-5-8-18(24)13-17/h2-13H,14-15H2,1H3. The number of amides is 1. The summed E-state index contributed by atoms with van der Waals surface area (Å²) in [6.45, 7) is 3.06. The number of hydrogen-bond donors (Lipinski definition) is 0. The van der Waals surface area contributed by atoms with Gasteiger partial charge in [0, 0.05) is 28.5 Å². The number of carbonyl (C=O) groups is 1. The first-order valence-electron chi connectivity index (χ1n) is 9.46. The van der Waals surface area contributed by atoms with Crippen LogP contribution in [0.1, 0.15) is 27.2 Å². The highest BCUT2D eigenvalue weighted by Crippen LogP contribution is 2.31. The van der Waals surface area contributed by atoms with Crippen LogP contribution in [0.3, 0.4) is 0 Å². The fourth-order valence-electron chi connectivity index (χ4n) is 3.83. The maximum absolute atomic E-state index is 13.0. The van der Waals surface area contributed by atoms with Gasteiger partial charge in [0.25, 0.3) is 5.91 Å². The summed E-state index contributed by atoms with van der Waals surface area (Å²) in [5.74, 6) is 0.933. The third kappa shape index (κ3) is 3.13. The smallest absolute Gasteiger partial charge is 0.254 e. The zero-order chi connectivity index (χ0) is 20.0. The highest BCUT2D eigenvalue weighted by molar-refractivity contribution is 6.30. The van der Waals surface area contributed by atoms with Gasteiger partial charge in [0.15, 0.2) is 0 Å². The van der Waals surface area contributed by atoms with Gasteiger partial charge in [0.1, 0.15) is 5.82 Å². The van der Waals surface area contributed by atoms with Gasteiger partial charge < -0.3 is 9.47 Å². The molecule has 2 aromatic carbocycles. The number of rotatable bonds is 3. The second kappa shape index (κ2) is 6.94. The zero-order valence-corrected chi connectivity index (χ0v) is 16.7. The van der Waals surface area contributed by atoms with Gasteiger partial charge in [-0.1, -0.05) is 29.8 Å². The summed E-state index contributed by atoms with van der Waals surface area (Å²) in [6, 6.07) is 19.3. The van der Waals surface area contributed by atoms with Crippen LogP contribution in [0.15, 0.2) is 73.1 Å². The Morgan fingerprint density at radius 1 is 1.00 bits per heavy atom. The van der Waals surface area contributed by atoms with Crippen molar-refractivity contribution in [3.05, 3.63) is 100 Å². The molecule has 6 heteroatoms. The SMILES string of the molecule is Cc1cccc(-n2nc3c(c2-n2cccc2)CN(C(=O)c2cccc(Cl)c2)C3)c1. The molecule has 0 bridgehead atoms. The molecule has 0 unspecified atom stereocenters. The second-order valence-electron chi connectivity index (χ2n) is 7.26. The van der Waals surface area contributed by atoms with E-state index in [0.29, 0.717) is 23.7 Å². The van der Waals surface area contributed by atoms with Crippen molar-refractivity contribution in [3.63, 3.8) is 0 Å². The highest BCUT2D eigenvalue weighted by atomic mass is 35.5. The maximum Gasteiger partial charge on any atom is 0.254 e. The Bertz CT molecular complexity index is 1210. The maximum atomic E-state index is 13.0. The van der Waals surface area contributed by atoms with E-state index < -0.39 is 0 Å². The van der Waals surface area contributed by atoms with Crippen LogP contribution in [0.2, 0.25) is 5.02 Å². The number of nitrogens with zero attached hydrogens (tertiary/aromatic N) is 4. The van der Waals surface area contributed by atoms with Crippen LogP contribution in [-0.2, 0) is 13.1 Å². The predicted octanol–water partition coefficient (Wildman–Crippen LogP) is 4.78. The highest BCUT2D eigenvalue weighted by Gasteiger charge is 2.31. The van der Waals surface area contributed by atoms with E-state index in [2.05, 4.69) is 29.7 Å². The van der Waals surface area contributed by atoms with Crippen molar-refractivity contribution in [1.29, 1.82) is 0 Å². The van der Waals surface area contributed by atoms with Gasteiger partial charge >= 0.3 is 0 Å². The van der Waals surface area contributed by atoms with Crippen LogP contribution >= 0.6 is 11.6 Å². The first-order valence-corrected chi connectivity index (χ1v) is 9.84. The van der Waals surface area contributed by atoms with Gasteiger partial charge in [-0.05, 0) is 55.0 Å². The number of aryl methyl sites for hydroxylation is 1. The normalized spacial score (nSPS) is 13.0. The molecule has 0 spiro atoms. The predicted molar refractivity (Wildman–Crippen MR) is 113 cm³/mol. The fourth-order valence-corrected chi connectivity index (χ4v) is 4.02. The number of fused-ring (bicyclic) bond motifs is 1. The Labute approximate surface area is 173 Å². The van der Waals surface area contributed by atoms with Crippen LogP contribution in [0.25, 0.3) is 11.5 Å². The second-order valence-corrected chi connectivity index (χ2v) is 7.70. The molecule has 0 fully saturated rings. The van der Waals surface area contributed by atoms with Crippen LogP contribution in [0, 0.1) is 6.92 Å². The Hall–Kier alpha value is -3.31. The first-order chi connectivity index (χ1) is 14.1. The lowest BCUT2D eigenvalue weighted by molar-refractivity contribution is 0.0749. The van der Waals surface area contributed by atoms with E-state index in [1.165, 1.54) is 5.56 Å². The molecule has 29 heavy (non-hydrogen) atoms. The first kappa shape index (κ1) is 17.8. The van der Waals surface area contributed by atoms with E-state index >= 15 is 0 Å². The van der Waals surface area contributed by atoms with Crippen molar-refractivity contribution in [2.24, 2.45) is 0 Å². The molecule has 4 aromatic rings. The minimum atomic E-state index is -0.0361. The molecule has 0 N–H and O–H groups in total. The van der Waals surface area contributed by atoms with E-state index in [9.17, 15) is 4.79 Å².